The second-order valence-electron chi connectivity index (χ2n) is 6.57. The number of benzene rings is 1. The molecular weight excluding hydrogens is 330 g/mol. The molecule has 2 amide bonds. The first-order chi connectivity index (χ1) is 12.5. The molecule has 0 bridgehead atoms. The van der Waals surface area contributed by atoms with E-state index in [1.165, 1.54) is 6.92 Å². The van der Waals surface area contributed by atoms with Crippen molar-refractivity contribution in [1.29, 1.82) is 0 Å². The van der Waals surface area contributed by atoms with E-state index in [-0.39, 0.29) is 17.7 Å². The number of hydrogen-bond acceptors (Lipinski definition) is 5. The highest BCUT2D eigenvalue weighted by Crippen LogP contribution is 2.23. The lowest BCUT2D eigenvalue weighted by Gasteiger charge is -2.32. The van der Waals surface area contributed by atoms with Crippen molar-refractivity contribution in [2.75, 3.05) is 28.6 Å². The summed E-state index contributed by atoms with van der Waals surface area (Å²) in [6.07, 6.45) is 1.77. The van der Waals surface area contributed by atoms with E-state index in [1.54, 1.807) is 18.2 Å². The smallest absolute Gasteiger partial charge is 0.229 e. The van der Waals surface area contributed by atoms with Crippen LogP contribution in [0.4, 0.5) is 17.2 Å². The number of hydrogen-bond donors (Lipinski definition) is 2. The third-order valence-corrected chi connectivity index (χ3v) is 4.35. The minimum Gasteiger partial charge on any atom is -0.354 e. The lowest BCUT2D eigenvalue weighted by atomic mass is 9.97. The van der Waals surface area contributed by atoms with Gasteiger partial charge < -0.3 is 15.5 Å². The standard InChI is InChI=1S/C19H23N5O2/c1-13-8-9-18(23-22-13)24-10-4-5-15(12-24)19(26)21-17-7-3-6-16(11-17)20-14(2)25/h3,6-9,11,15H,4-5,10,12H2,1-2H3,(H,20,25)(H,21,26). The first kappa shape index (κ1) is 17.8. The topological polar surface area (TPSA) is 87.2 Å². The molecule has 2 aromatic rings. The van der Waals surface area contributed by atoms with Crippen molar-refractivity contribution in [3.8, 4) is 0 Å². The molecule has 1 atom stereocenters. The lowest BCUT2D eigenvalue weighted by Crippen LogP contribution is -2.41. The summed E-state index contributed by atoms with van der Waals surface area (Å²) in [5.41, 5.74) is 2.21. The van der Waals surface area contributed by atoms with Crippen molar-refractivity contribution in [2.45, 2.75) is 26.7 Å². The lowest BCUT2D eigenvalue weighted by molar-refractivity contribution is -0.120. The van der Waals surface area contributed by atoms with Crippen LogP contribution in [-0.4, -0.2) is 35.1 Å². The Bertz CT molecular complexity index is 791. The van der Waals surface area contributed by atoms with Crippen LogP contribution >= 0.6 is 0 Å². The van der Waals surface area contributed by atoms with E-state index in [0.29, 0.717) is 17.9 Å². The van der Waals surface area contributed by atoms with Crippen molar-refractivity contribution in [3.63, 3.8) is 0 Å². The van der Waals surface area contributed by atoms with Gasteiger partial charge in [-0.25, -0.2) is 0 Å². The largest absolute Gasteiger partial charge is 0.354 e. The predicted octanol–water partition coefficient (Wildman–Crippen LogP) is 2.60. The summed E-state index contributed by atoms with van der Waals surface area (Å²) in [4.78, 5) is 25.9. The fourth-order valence-corrected chi connectivity index (χ4v) is 3.08. The van der Waals surface area contributed by atoms with Gasteiger partial charge in [0, 0.05) is 31.4 Å². The van der Waals surface area contributed by atoms with Crippen molar-refractivity contribution in [1.82, 2.24) is 10.2 Å². The summed E-state index contributed by atoms with van der Waals surface area (Å²) in [5.74, 6) is 0.530. The zero-order chi connectivity index (χ0) is 18.5. The van der Waals surface area contributed by atoms with Gasteiger partial charge in [-0.05, 0) is 50.1 Å². The molecular formula is C19H23N5O2. The molecule has 136 valence electrons. The van der Waals surface area contributed by atoms with Crippen molar-refractivity contribution in [2.24, 2.45) is 5.92 Å². The summed E-state index contributed by atoms with van der Waals surface area (Å²) < 4.78 is 0. The fourth-order valence-electron chi connectivity index (χ4n) is 3.08. The van der Waals surface area contributed by atoms with Crippen LogP contribution in [0.15, 0.2) is 36.4 Å². The molecule has 0 aliphatic carbocycles. The van der Waals surface area contributed by atoms with Crippen LogP contribution in [0.3, 0.4) is 0 Å². The second-order valence-corrected chi connectivity index (χ2v) is 6.57. The number of nitrogens with one attached hydrogen (secondary N) is 2. The Kier molecular flexibility index (Phi) is 5.46. The van der Waals surface area contributed by atoms with Crippen LogP contribution in [-0.2, 0) is 9.59 Å². The van der Waals surface area contributed by atoms with E-state index >= 15 is 0 Å². The minimum absolute atomic E-state index is 0.0188. The second kappa shape index (κ2) is 7.95. The summed E-state index contributed by atoms with van der Waals surface area (Å²) in [6.45, 7) is 4.85. The van der Waals surface area contributed by atoms with Crippen LogP contribution in [0, 0.1) is 12.8 Å². The molecule has 1 aromatic heterocycles. The molecule has 1 fully saturated rings. The number of rotatable bonds is 4. The Morgan fingerprint density at radius 3 is 2.58 bits per heavy atom. The molecule has 2 heterocycles. The number of aromatic nitrogens is 2. The average Bonchev–Trinajstić information content (AvgIpc) is 2.62. The van der Waals surface area contributed by atoms with E-state index in [2.05, 4.69) is 25.7 Å². The van der Waals surface area contributed by atoms with E-state index in [0.717, 1.165) is 30.9 Å². The SMILES string of the molecule is CC(=O)Nc1cccc(NC(=O)C2CCCN(c3ccc(C)nn3)C2)c1. The maximum atomic E-state index is 12.7. The summed E-state index contributed by atoms with van der Waals surface area (Å²) in [5, 5.41) is 14.0. The Balaban J connectivity index is 1.64. The highest BCUT2D eigenvalue weighted by atomic mass is 16.2. The number of amides is 2. The van der Waals surface area contributed by atoms with Crippen molar-refractivity contribution >= 4 is 29.0 Å². The first-order valence-corrected chi connectivity index (χ1v) is 8.75. The molecule has 2 N–H and O–H groups in total. The van der Waals surface area contributed by atoms with Crippen LogP contribution < -0.4 is 15.5 Å². The number of carbonyl (C=O) groups excluding carboxylic acids is 2. The molecule has 1 aromatic carbocycles. The third kappa shape index (κ3) is 4.56. The number of piperidine rings is 1. The van der Waals surface area contributed by atoms with Gasteiger partial charge >= 0.3 is 0 Å². The van der Waals surface area contributed by atoms with E-state index in [1.807, 2.05) is 25.1 Å². The average molecular weight is 353 g/mol. The van der Waals surface area contributed by atoms with E-state index in [9.17, 15) is 9.59 Å². The van der Waals surface area contributed by atoms with Gasteiger partial charge in [0.25, 0.3) is 0 Å². The highest BCUT2D eigenvalue weighted by molar-refractivity contribution is 5.94. The Hall–Kier alpha value is -2.96. The zero-order valence-electron chi connectivity index (χ0n) is 15.0. The monoisotopic (exact) mass is 353 g/mol. The highest BCUT2D eigenvalue weighted by Gasteiger charge is 2.26. The maximum Gasteiger partial charge on any atom is 0.229 e. The number of nitrogens with zero attached hydrogens (tertiary/aromatic N) is 3. The number of aryl methyl sites for hydroxylation is 1. The molecule has 1 aliphatic rings. The van der Waals surface area contributed by atoms with E-state index < -0.39 is 0 Å². The Morgan fingerprint density at radius 1 is 1.12 bits per heavy atom. The molecule has 3 rings (SSSR count). The van der Waals surface area contributed by atoms with Gasteiger partial charge in [-0.2, -0.15) is 5.10 Å². The maximum absolute atomic E-state index is 12.7. The molecule has 7 nitrogen and oxygen atoms in total. The van der Waals surface area contributed by atoms with Crippen LogP contribution in [0.2, 0.25) is 0 Å². The van der Waals surface area contributed by atoms with Gasteiger partial charge in [-0.1, -0.05) is 6.07 Å². The predicted molar refractivity (Wildman–Crippen MR) is 101 cm³/mol. The molecule has 0 saturated carbocycles. The normalized spacial score (nSPS) is 16.8. The van der Waals surface area contributed by atoms with Gasteiger partial charge in [0.2, 0.25) is 11.8 Å². The fraction of sp³-hybridized carbons (Fsp3) is 0.368. The van der Waals surface area contributed by atoms with Crippen molar-refractivity contribution in [3.05, 3.63) is 42.1 Å². The van der Waals surface area contributed by atoms with Gasteiger partial charge in [0.05, 0.1) is 11.6 Å². The number of carbonyl (C=O) groups is 2. The van der Waals surface area contributed by atoms with Crippen LogP contribution in [0.5, 0.6) is 0 Å². The minimum atomic E-state index is -0.143. The molecule has 7 heteroatoms. The van der Waals surface area contributed by atoms with Gasteiger partial charge in [-0.15, -0.1) is 5.10 Å². The molecule has 1 aliphatic heterocycles. The van der Waals surface area contributed by atoms with Gasteiger partial charge in [-0.3, -0.25) is 9.59 Å². The first-order valence-electron chi connectivity index (χ1n) is 8.75. The van der Waals surface area contributed by atoms with Crippen molar-refractivity contribution < 1.29 is 9.59 Å². The summed E-state index contributed by atoms with van der Waals surface area (Å²) >= 11 is 0. The quantitative estimate of drug-likeness (QED) is 0.882. The van der Waals surface area contributed by atoms with Crippen LogP contribution in [0.25, 0.3) is 0 Å². The Morgan fingerprint density at radius 2 is 1.88 bits per heavy atom. The third-order valence-electron chi connectivity index (χ3n) is 4.35. The van der Waals surface area contributed by atoms with Crippen LogP contribution in [0.1, 0.15) is 25.5 Å². The molecule has 26 heavy (non-hydrogen) atoms. The molecule has 1 unspecified atom stereocenters. The zero-order valence-corrected chi connectivity index (χ0v) is 15.0. The summed E-state index contributed by atoms with van der Waals surface area (Å²) in [7, 11) is 0. The summed E-state index contributed by atoms with van der Waals surface area (Å²) in [6, 6.07) is 11.0. The van der Waals surface area contributed by atoms with Gasteiger partial charge in [0.1, 0.15) is 0 Å². The molecule has 1 saturated heterocycles. The number of anilines is 3. The molecule has 0 radical (unpaired) electrons. The Labute approximate surface area is 152 Å². The van der Waals surface area contributed by atoms with E-state index in [4.69, 9.17) is 0 Å². The molecule has 0 spiro atoms. The van der Waals surface area contributed by atoms with Gasteiger partial charge in [0.15, 0.2) is 5.82 Å².